The minimum absolute atomic E-state index is 0.131. The van der Waals surface area contributed by atoms with Crippen molar-refractivity contribution >= 4 is 16.0 Å². The molecule has 0 heterocycles. The number of aryl methyl sites for hydroxylation is 2. The first kappa shape index (κ1) is 16.0. The molecule has 1 aliphatic carbocycles. The van der Waals surface area contributed by atoms with Gasteiger partial charge in [-0.25, -0.2) is 8.42 Å². The van der Waals surface area contributed by atoms with Gasteiger partial charge in [0.15, 0.2) is 0 Å². The Morgan fingerprint density at radius 3 is 2.10 bits per heavy atom. The highest BCUT2D eigenvalue weighted by molar-refractivity contribution is 7.89. The van der Waals surface area contributed by atoms with E-state index in [1.807, 2.05) is 19.9 Å². The quantitative estimate of drug-likeness (QED) is 0.894. The van der Waals surface area contributed by atoms with Crippen LogP contribution >= 0.6 is 0 Å². The van der Waals surface area contributed by atoms with Crippen molar-refractivity contribution in [2.24, 2.45) is 0 Å². The summed E-state index contributed by atoms with van der Waals surface area (Å²) in [4.78, 5) is 11.7. The van der Waals surface area contributed by atoms with Crippen LogP contribution in [0, 0.1) is 13.8 Å². The third-order valence-corrected chi connectivity index (χ3v) is 5.47. The minimum atomic E-state index is -3.84. The Kier molecular flexibility index (Phi) is 4.39. The van der Waals surface area contributed by atoms with Gasteiger partial charge >= 0.3 is 5.97 Å². The van der Waals surface area contributed by atoms with Gasteiger partial charge in [-0.15, -0.1) is 0 Å². The number of nitrogens with one attached hydrogen (secondary N) is 1. The molecule has 0 bridgehead atoms. The van der Waals surface area contributed by atoms with Crippen LogP contribution in [-0.2, 0) is 14.8 Å². The van der Waals surface area contributed by atoms with Gasteiger partial charge in [0.05, 0.1) is 4.90 Å². The van der Waals surface area contributed by atoms with Crippen molar-refractivity contribution in [3.05, 3.63) is 29.3 Å². The van der Waals surface area contributed by atoms with Crippen LogP contribution in [0.3, 0.4) is 0 Å². The Morgan fingerprint density at radius 1 is 1.10 bits per heavy atom. The van der Waals surface area contributed by atoms with Crippen LogP contribution in [0.15, 0.2) is 23.1 Å². The maximum atomic E-state index is 12.5. The van der Waals surface area contributed by atoms with Crippen molar-refractivity contribution < 1.29 is 18.3 Å². The largest absolute Gasteiger partial charge is 0.480 e. The van der Waals surface area contributed by atoms with Gasteiger partial charge in [0.1, 0.15) is 5.54 Å². The highest BCUT2D eigenvalue weighted by atomic mass is 32.2. The zero-order chi connectivity index (χ0) is 15.7. The fourth-order valence-electron chi connectivity index (χ4n) is 2.92. The van der Waals surface area contributed by atoms with E-state index in [2.05, 4.69) is 4.72 Å². The molecule has 1 aromatic carbocycles. The zero-order valence-corrected chi connectivity index (χ0v) is 13.2. The maximum Gasteiger partial charge on any atom is 0.324 e. The highest BCUT2D eigenvalue weighted by Gasteiger charge is 2.43. The van der Waals surface area contributed by atoms with Crippen molar-refractivity contribution in [1.29, 1.82) is 0 Å². The molecule has 2 rings (SSSR count). The lowest BCUT2D eigenvalue weighted by Crippen LogP contribution is -2.55. The number of carbonyl (C=O) groups is 1. The number of carboxylic acids is 1. The molecule has 0 spiro atoms. The van der Waals surface area contributed by atoms with Crippen LogP contribution in [0.5, 0.6) is 0 Å². The number of carboxylic acid groups (broad SMARTS) is 1. The first-order chi connectivity index (χ1) is 9.75. The SMILES string of the molecule is Cc1cc(C)cc(S(=O)(=O)NC2(C(=O)O)CCCCC2)c1. The second-order valence-corrected chi connectivity index (χ2v) is 7.56. The van der Waals surface area contributed by atoms with E-state index in [1.165, 1.54) is 0 Å². The fourth-order valence-corrected chi connectivity index (χ4v) is 4.52. The number of benzene rings is 1. The first-order valence-electron chi connectivity index (χ1n) is 7.11. The predicted octanol–water partition coefficient (Wildman–Crippen LogP) is 2.37. The van der Waals surface area contributed by atoms with E-state index < -0.39 is 21.5 Å². The molecule has 0 aromatic heterocycles. The van der Waals surface area contributed by atoms with Crippen LogP contribution in [-0.4, -0.2) is 25.0 Å². The summed E-state index contributed by atoms with van der Waals surface area (Å²) >= 11 is 0. The van der Waals surface area contributed by atoms with Gasteiger partial charge in [-0.05, 0) is 49.9 Å². The number of aliphatic carboxylic acids is 1. The van der Waals surface area contributed by atoms with Crippen molar-refractivity contribution in [3.63, 3.8) is 0 Å². The van der Waals surface area contributed by atoms with Gasteiger partial charge in [0, 0.05) is 0 Å². The molecule has 116 valence electrons. The molecule has 1 fully saturated rings. The molecule has 0 radical (unpaired) electrons. The van der Waals surface area contributed by atoms with E-state index in [9.17, 15) is 18.3 Å². The van der Waals surface area contributed by atoms with Gasteiger partial charge in [-0.1, -0.05) is 25.3 Å². The van der Waals surface area contributed by atoms with Crippen LogP contribution in [0.2, 0.25) is 0 Å². The fraction of sp³-hybridized carbons (Fsp3) is 0.533. The number of rotatable bonds is 4. The molecular weight excluding hydrogens is 290 g/mol. The molecule has 1 saturated carbocycles. The Labute approximate surface area is 125 Å². The van der Waals surface area contributed by atoms with E-state index in [0.717, 1.165) is 30.4 Å². The molecule has 0 aliphatic heterocycles. The molecule has 0 unspecified atom stereocenters. The molecular formula is C15H21NO4S. The normalized spacial score (nSPS) is 18.4. The predicted molar refractivity (Wildman–Crippen MR) is 79.7 cm³/mol. The zero-order valence-electron chi connectivity index (χ0n) is 12.3. The third kappa shape index (κ3) is 3.44. The van der Waals surface area contributed by atoms with Crippen LogP contribution in [0.1, 0.15) is 43.2 Å². The molecule has 2 N–H and O–H groups in total. The molecule has 21 heavy (non-hydrogen) atoms. The van der Waals surface area contributed by atoms with E-state index >= 15 is 0 Å². The van der Waals surface area contributed by atoms with Gasteiger partial charge < -0.3 is 5.11 Å². The smallest absolute Gasteiger partial charge is 0.324 e. The lowest BCUT2D eigenvalue weighted by atomic mass is 9.83. The standard InChI is InChI=1S/C15H21NO4S/c1-11-8-12(2)10-13(9-11)21(19,20)16-15(14(17)18)6-4-3-5-7-15/h8-10,16H,3-7H2,1-2H3,(H,17,18). The molecule has 5 nitrogen and oxygen atoms in total. The summed E-state index contributed by atoms with van der Waals surface area (Å²) in [6, 6.07) is 5.01. The second-order valence-electron chi connectivity index (χ2n) is 5.88. The van der Waals surface area contributed by atoms with Crippen molar-refractivity contribution in [2.45, 2.75) is 56.4 Å². The Balaban J connectivity index is 2.37. The van der Waals surface area contributed by atoms with Crippen molar-refractivity contribution in [2.75, 3.05) is 0 Å². The summed E-state index contributed by atoms with van der Waals surface area (Å²) in [5.41, 5.74) is 0.307. The van der Waals surface area contributed by atoms with Gasteiger partial charge in [-0.2, -0.15) is 4.72 Å². The average Bonchev–Trinajstić information content (AvgIpc) is 2.38. The van der Waals surface area contributed by atoms with Crippen molar-refractivity contribution in [1.82, 2.24) is 4.72 Å². The van der Waals surface area contributed by atoms with E-state index in [0.29, 0.717) is 12.8 Å². The summed E-state index contributed by atoms with van der Waals surface area (Å²) in [6.45, 7) is 3.64. The Morgan fingerprint density at radius 2 is 1.62 bits per heavy atom. The molecule has 1 aliphatic rings. The summed E-state index contributed by atoms with van der Waals surface area (Å²) in [5.74, 6) is -1.09. The van der Waals surface area contributed by atoms with Crippen LogP contribution in [0.25, 0.3) is 0 Å². The van der Waals surface area contributed by atoms with E-state index in [-0.39, 0.29) is 4.90 Å². The Hall–Kier alpha value is -1.40. The van der Waals surface area contributed by atoms with E-state index in [1.54, 1.807) is 12.1 Å². The van der Waals surface area contributed by atoms with Gasteiger partial charge in [-0.3, -0.25) is 4.79 Å². The molecule has 0 saturated heterocycles. The summed E-state index contributed by atoms with van der Waals surface area (Å²) in [6.07, 6.45) is 3.07. The minimum Gasteiger partial charge on any atom is -0.480 e. The molecule has 0 amide bonds. The maximum absolute atomic E-state index is 12.5. The van der Waals surface area contributed by atoms with Gasteiger partial charge in [0.25, 0.3) is 0 Å². The summed E-state index contributed by atoms with van der Waals surface area (Å²) < 4.78 is 27.5. The monoisotopic (exact) mass is 311 g/mol. The highest BCUT2D eigenvalue weighted by Crippen LogP contribution is 2.30. The van der Waals surface area contributed by atoms with Gasteiger partial charge in [0.2, 0.25) is 10.0 Å². The summed E-state index contributed by atoms with van der Waals surface area (Å²) in [5, 5.41) is 9.48. The Bertz CT molecular complexity index is 625. The lowest BCUT2D eigenvalue weighted by molar-refractivity contribution is -0.145. The molecule has 6 heteroatoms. The second kappa shape index (κ2) is 5.77. The van der Waals surface area contributed by atoms with Crippen LogP contribution < -0.4 is 4.72 Å². The average molecular weight is 311 g/mol. The van der Waals surface area contributed by atoms with E-state index in [4.69, 9.17) is 0 Å². The topological polar surface area (TPSA) is 83.5 Å². The molecule has 0 atom stereocenters. The first-order valence-corrected chi connectivity index (χ1v) is 8.59. The van der Waals surface area contributed by atoms with Crippen LogP contribution in [0.4, 0.5) is 0 Å². The number of sulfonamides is 1. The van der Waals surface area contributed by atoms with Crippen molar-refractivity contribution in [3.8, 4) is 0 Å². The summed E-state index contributed by atoms with van der Waals surface area (Å²) in [7, 11) is -3.84. The number of hydrogen-bond acceptors (Lipinski definition) is 3. The lowest BCUT2D eigenvalue weighted by Gasteiger charge is -2.33. The number of hydrogen-bond donors (Lipinski definition) is 2. The molecule has 1 aromatic rings. The third-order valence-electron chi connectivity index (χ3n) is 3.95.